The zero-order valence-corrected chi connectivity index (χ0v) is 11.1. The molecule has 0 unspecified atom stereocenters. The van der Waals surface area contributed by atoms with Crippen molar-refractivity contribution in [2.75, 3.05) is 19.6 Å². The molecule has 2 heterocycles. The molecule has 0 bridgehead atoms. The molecule has 0 aliphatic carbocycles. The lowest BCUT2D eigenvalue weighted by Gasteiger charge is -2.22. The standard InChI is InChI=1S/C11H13Cl2N3O2/c12-9-3-7(4-10(13)16-9)6-18-11(17)8-5-14-1-2-15-8/h3-4,8,14-15H,1-2,5-6H2/t8-/m0/s1. The third-order valence-electron chi connectivity index (χ3n) is 2.53. The number of esters is 1. The van der Waals surface area contributed by atoms with Gasteiger partial charge in [-0.15, -0.1) is 0 Å². The fourth-order valence-corrected chi connectivity index (χ4v) is 2.18. The fraction of sp³-hybridized carbons (Fsp3) is 0.455. The summed E-state index contributed by atoms with van der Waals surface area (Å²) in [6.45, 7) is 2.34. The molecule has 0 aromatic carbocycles. The molecule has 1 fully saturated rings. The van der Waals surface area contributed by atoms with Gasteiger partial charge < -0.3 is 15.4 Å². The van der Waals surface area contributed by atoms with Gasteiger partial charge in [-0.05, 0) is 17.7 Å². The topological polar surface area (TPSA) is 63.2 Å². The summed E-state index contributed by atoms with van der Waals surface area (Å²) in [5, 5.41) is 6.76. The van der Waals surface area contributed by atoms with Gasteiger partial charge >= 0.3 is 5.97 Å². The molecule has 98 valence electrons. The average Bonchev–Trinajstić information content (AvgIpc) is 2.36. The van der Waals surface area contributed by atoms with E-state index in [1.165, 1.54) is 0 Å². The minimum Gasteiger partial charge on any atom is -0.460 e. The maximum absolute atomic E-state index is 11.7. The molecule has 2 rings (SSSR count). The number of aromatic nitrogens is 1. The van der Waals surface area contributed by atoms with Gasteiger partial charge in [-0.25, -0.2) is 4.98 Å². The van der Waals surface area contributed by atoms with E-state index in [1.54, 1.807) is 12.1 Å². The molecule has 18 heavy (non-hydrogen) atoms. The van der Waals surface area contributed by atoms with Gasteiger partial charge in [0.2, 0.25) is 0 Å². The van der Waals surface area contributed by atoms with E-state index in [1.807, 2.05) is 0 Å². The van der Waals surface area contributed by atoms with Gasteiger partial charge in [-0.2, -0.15) is 0 Å². The lowest BCUT2D eigenvalue weighted by molar-refractivity contribution is -0.147. The highest BCUT2D eigenvalue weighted by Gasteiger charge is 2.21. The Balaban J connectivity index is 1.88. The molecule has 1 atom stereocenters. The van der Waals surface area contributed by atoms with E-state index in [0.717, 1.165) is 18.7 Å². The highest BCUT2D eigenvalue weighted by molar-refractivity contribution is 6.32. The average molecular weight is 290 g/mol. The fourth-order valence-electron chi connectivity index (χ4n) is 1.67. The number of hydrogen-bond acceptors (Lipinski definition) is 5. The minimum atomic E-state index is -0.300. The van der Waals surface area contributed by atoms with Crippen molar-refractivity contribution < 1.29 is 9.53 Å². The van der Waals surface area contributed by atoms with Crippen LogP contribution in [0.1, 0.15) is 5.56 Å². The molecule has 0 amide bonds. The van der Waals surface area contributed by atoms with Gasteiger partial charge in [0.15, 0.2) is 0 Å². The van der Waals surface area contributed by atoms with Crippen molar-refractivity contribution in [3.05, 3.63) is 28.0 Å². The summed E-state index contributed by atoms with van der Waals surface area (Å²) in [7, 11) is 0. The predicted octanol–water partition coefficient (Wildman–Crippen LogP) is 0.993. The Morgan fingerprint density at radius 1 is 1.39 bits per heavy atom. The molecular weight excluding hydrogens is 277 g/mol. The van der Waals surface area contributed by atoms with E-state index in [2.05, 4.69) is 15.6 Å². The molecule has 1 aliphatic heterocycles. The van der Waals surface area contributed by atoms with E-state index < -0.39 is 0 Å². The normalized spacial score (nSPS) is 19.6. The molecule has 0 spiro atoms. The first-order valence-electron chi connectivity index (χ1n) is 5.58. The number of carbonyl (C=O) groups excluding carboxylic acids is 1. The quantitative estimate of drug-likeness (QED) is 0.642. The highest BCUT2D eigenvalue weighted by Crippen LogP contribution is 2.15. The Labute approximate surface area is 115 Å². The molecule has 2 N–H and O–H groups in total. The van der Waals surface area contributed by atoms with Crippen LogP contribution >= 0.6 is 23.2 Å². The first-order chi connectivity index (χ1) is 8.65. The lowest BCUT2D eigenvalue weighted by atomic mass is 10.2. The van der Waals surface area contributed by atoms with Crippen LogP contribution in [-0.4, -0.2) is 36.6 Å². The Morgan fingerprint density at radius 3 is 2.72 bits per heavy atom. The van der Waals surface area contributed by atoms with Crippen LogP contribution in [0.4, 0.5) is 0 Å². The summed E-state index contributed by atoms with van der Waals surface area (Å²) in [5.74, 6) is -0.286. The van der Waals surface area contributed by atoms with Crippen molar-refractivity contribution in [3.63, 3.8) is 0 Å². The lowest BCUT2D eigenvalue weighted by Crippen LogP contribution is -2.52. The number of nitrogens with zero attached hydrogens (tertiary/aromatic N) is 1. The number of pyridine rings is 1. The van der Waals surface area contributed by atoms with E-state index in [0.29, 0.717) is 6.54 Å². The molecule has 1 saturated heterocycles. The van der Waals surface area contributed by atoms with Crippen LogP contribution in [0.3, 0.4) is 0 Å². The Hall–Kier alpha value is -0.880. The predicted molar refractivity (Wildman–Crippen MR) is 68.7 cm³/mol. The minimum absolute atomic E-state index is 0.138. The van der Waals surface area contributed by atoms with E-state index in [9.17, 15) is 4.79 Å². The number of hydrogen-bond donors (Lipinski definition) is 2. The number of nitrogens with one attached hydrogen (secondary N) is 2. The summed E-state index contributed by atoms with van der Waals surface area (Å²) in [5.41, 5.74) is 0.720. The number of halogens is 2. The Bertz CT molecular complexity index is 416. The molecule has 0 saturated carbocycles. The Morgan fingerprint density at radius 2 is 2.11 bits per heavy atom. The second-order valence-electron chi connectivity index (χ2n) is 3.94. The van der Waals surface area contributed by atoms with Crippen LogP contribution in [0.2, 0.25) is 10.3 Å². The third-order valence-corrected chi connectivity index (χ3v) is 2.92. The molecular formula is C11H13Cl2N3O2. The largest absolute Gasteiger partial charge is 0.460 e. The highest BCUT2D eigenvalue weighted by atomic mass is 35.5. The van der Waals surface area contributed by atoms with Crippen molar-refractivity contribution >= 4 is 29.2 Å². The van der Waals surface area contributed by atoms with Crippen LogP contribution in [0.5, 0.6) is 0 Å². The molecule has 7 heteroatoms. The summed E-state index contributed by atoms with van der Waals surface area (Å²) in [4.78, 5) is 15.6. The second kappa shape index (κ2) is 6.33. The summed E-state index contributed by atoms with van der Waals surface area (Å²) < 4.78 is 5.19. The zero-order chi connectivity index (χ0) is 13.0. The Kier molecular flexibility index (Phi) is 4.77. The van der Waals surface area contributed by atoms with Crippen LogP contribution in [0.25, 0.3) is 0 Å². The van der Waals surface area contributed by atoms with Gasteiger partial charge in [-0.1, -0.05) is 23.2 Å². The zero-order valence-electron chi connectivity index (χ0n) is 9.58. The maximum atomic E-state index is 11.7. The third kappa shape index (κ3) is 3.81. The second-order valence-corrected chi connectivity index (χ2v) is 4.71. The smallest absolute Gasteiger partial charge is 0.324 e. The van der Waals surface area contributed by atoms with Gasteiger partial charge in [-0.3, -0.25) is 4.79 Å². The van der Waals surface area contributed by atoms with Crippen LogP contribution in [0.15, 0.2) is 12.1 Å². The van der Waals surface area contributed by atoms with E-state index in [4.69, 9.17) is 27.9 Å². The summed E-state index contributed by atoms with van der Waals surface area (Å²) in [6, 6.07) is 2.94. The molecule has 0 radical (unpaired) electrons. The number of ether oxygens (including phenoxy) is 1. The van der Waals surface area contributed by atoms with Gasteiger partial charge in [0, 0.05) is 19.6 Å². The van der Waals surface area contributed by atoms with E-state index >= 15 is 0 Å². The van der Waals surface area contributed by atoms with Crippen molar-refractivity contribution in [3.8, 4) is 0 Å². The van der Waals surface area contributed by atoms with Crippen LogP contribution < -0.4 is 10.6 Å². The van der Waals surface area contributed by atoms with Crippen molar-refractivity contribution in [1.82, 2.24) is 15.6 Å². The van der Waals surface area contributed by atoms with Crippen molar-refractivity contribution in [2.45, 2.75) is 12.6 Å². The number of piperazine rings is 1. The van der Waals surface area contributed by atoms with E-state index in [-0.39, 0.29) is 28.9 Å². The first-order valence-corrected chi connectivity index (χ1v) is 6.33. The monoisotopic (exact) mass is 289 g/mol. The molecule has 1 aromatic rings. The van der Waals surface area contributed by atoms with Crippen molar-refractivity contribution in [1.29, 1.82) is 0 Å². The van der Waals surface area contributed by atoms with Crippen LogP contribution in [-0.2, 0) is 16.1 Å². The SMILES string of the molecule is O=C(OCc1cc(Cl)nc(Cl)c1)[C@@H]1CNCCN1. The first kappa shape index (κ1) is 13.5. The number of rotatable bonds is 3. The maximum Gasteiger partial charge on any atom is 0.324 e. The molecule has 1 aromatic heterocycles. The number of carbonyl (C=O) groups is 1. The van der Waals surface area contributed by atoms with Gasteiger partial charge in [0.25, 0.3) is 0 Å². The van der Waals surface area contributed by atoms with Gasteiger partial charge in [0.05, 0.1) is 0 Å². The molecule has 1 aliphatic rings. The summed E-state index contributed by atoms with van der Waals surface area (Å²) in [6.07, 6.45) is 0. The molecule has 5 nitrogen and oxygen atoms in total. The summed E-state index contributed by atoms with van der Waals surface area (Å²) >= 11 is 11.5. The van der Waals surface area contributed by atoms with Crippen molar-refractivity contribution in [2.24, 2.45) is 0 Å². The van der Waals surface area contributed by atoms with Crippen LogP contribution in [0, 0.1) is 0 Å². The van der Waals surface area contributed by atoms with Gasteiger partial charge in [0.1, 0.15) is 23.0 Å².